The van der Waals surface area contributed by atoms with Crippen molar-refractivity contribution in [3.63, 3.8) is 0 Å². The maximum atomic E-state index is 12.5. The van der Waals surface area contributed by atoms with Crippen LogP contribution in [0.5, 0.6) is 0 Å². The predicted molar refractivity (Wildman–Crippen MR) is 79.4 cm³/mol. The van der Waals surface area contributed by atoms with E-state index in [0.29, 0.717) is 19.3 Å². The number of ether oxygens (including phenoxy) is 1. The molecule has 0 amide bonds. The Morgan fingerprint density at radius 2 is 1.45 bits per heavy atom. The number of hydrogen-bond donors (Lipinski definition) is 1. The van der Waals surface area contributed by atoms with Crippen molar-refractivity contribution in [3.8, 4) is 0 Å². The molecule has 0 saturated heterocycles. The number of esters is 1. The van der Waals surface area contributed by atoms with Gasteiger partial charge in [-0.2, -0.15) is 0 Å². The van der Waals surface area contributed by atoms with Crippen molar-refractivity contribution in [2.75, 3.05) is 0 Å². The fourth-order valence-electron chi connectivity index (χ4n) is 2.33. The first-order chi connectivity index (χ1) is 8.96. The summed E-state index contributed by atoms with van der Waals surface area (Å²) in [6.45, 7) is 13.2. The molecule has 4 heteroatoms. The molecule has 0 unspecified atom stereocenters. The van der Waals surface area contributed by atoms with Gasteiger partial charge >= 0.3 is 11.9 Å². The molecule has 0 aliphatic rings. The molecule has 20 heavy (non-hydrogen) atoms. The lowest BCUT2D eigenvalue weighted by molar-refractivity contribution is -0.181. The van der Waals surface area contributed by atoms with Gasteiger partial charge in [-0.3, -0.25) is 9.59 Å². The van der Waals surface area contributed by atoms with Gasteiger partial charge in [0.05, 0.1) is 0 Å². The van der Waals surface area contributed by atoms with Crippen LogP contribution in [0.3, 0.4) is 0 Å². The molecule has 0 radical (unpaired) electrons. The zero-order chi connectivity index (χ0) is 16.1. The lowest BCUT2D eigenvalue weighted by atomic mass is 9.74. The molecule has 118 valence electrons. The first-order valence-electron chi connectivity index (χ1n) is 7.43. The summed E-state index contributed by atoms with van der Waals surface area (Å²) >= 11 is 0. The smallest absolute Gasteiger partial charge is 0.324 e. The van der Waals surface area contributed by atoms with E-state index in [4.69, 9.17) is 4.74 Å². The Balaban J connectivity index is 5.47. The molecule has 0 fully saturated rings. The normalized spacial score (nSPS) is 12.8. The second kappa shape index (κ2) is 7.09. The number of carbonyl (C=O) groups excluding carboxylic acids is 1. The van der Waals surface area contributed by atoms with Crippen molar-refractivity contribution in [1.82, 2.24) is 0 Å². The number of carboxylic acid groups (broad SMARTS) is 1. The summed E-state index contributed by atoms with van der Waals surface area (Å²) in [6, 6.07) is 0. The summed E-state index contributed by atoms with van der Waals surface area (Å²) < 4.78 is 5.50. The maximum Gasteiger partial charge on any atom is 0.324 e. The third-order valence-corrected chi connectivity index (χ3v) is 3.53. The molecule has 0 aromatic carbocycles. The minimum Gasteiger partial charge on any atom is -0.480 e. The number of hydrogen-bond acceptors (Lipinski definition) is 3. The van der Waals surface area contributed by atoms with Crippen molar-refractivity contribution in [2.45, 2.75) is 73.3 Å². The van der Waals surface area contributed by atoms with Gasteiger partial charge in [-0.05, 0) is 44.9 Å². The van der Waals surface area contributed by atoms with Crippen LogP contribution >= 0.6 is 0 Å². The van der Waals surface area contributed by atoms with Crippen LogP contribution in [0.25, 0.3) is 0 Å². The van der Waals surface area contributed by atoms with Crippen LogP contribution in [-0.2, 0) is 14.3 Å². The molecule has 0 saturated carbocycles. The van der Waals surface area contributed by atoms with Crippen LogP contribution in [-0.4, -0.2) is 22.6 Å². The molecule has 0 rings (SSSR count). The molecule has 1 N–H and O–H groups in total. The fourth-order valence-corrected chi connectivity index (χ4v) is 2.33. The highest BCUT2D eigenvalue weighted by Gasteiger charge is 2.49. The van der Waals surface area contributed by atoms with Crippen LogP contribution in [0.4, 0.5) is 0 Å². The standard InChI is InChI=1S/C16H30O4/c1-8-15(6,7)20-14(19)16(13(17)18,9-11(2)3)10-12(4)5/h11-12H,8-10H2,1-7H3,(H,17,18). The molecule has 4 nitrogen and oxygen atoms in total. The maximum absolute atomic E-state index is 12.5. The summed E-state index contributed by atoms with van der Waals surface area (Å²) in [6.07, 6.45) is 1.26. The Kier molecular flexibility index (Phi) is 6.72. The van der Waals surface area contributed by atoms with Gasteiger partial charge in [-0.25, -0.2) is 0 Å². The van der Waals surface area contributed by atoms with Crippen LogP contribution in [0, 0.1) is 17.3 Å². The molecule has 0 aliphatic carbocycles. The van der Waals surface area contributed by atoms with Gasteiger partial charge in [0.2, 0.25) is 0 Å². The van der Waals surface area contributed by atoms with Crippen molar-refractivity contribution >= 4 is 11.9 Å². The molecule has 0 bridgehead atoms. The Hall–Kier alpha value is -1.06. The van der Waals surface area contributed by atoms with Crippen LogP contribution in [0.1, 0.15) is 67.7 Å². The monoisotopic (exact) mass is 286 g/mol. The fraction of sp³-hybridized carbons (Fsp3) is 0.875. The third-order valence-electron chi connectivity index (χ3n) is 3.53. The molecule has 0 atom stereocenters. The highest BCUT2D eigenvalue weighted by Crippen LogP contribution is 2.37. The Morgan fingerprint density at radius 1 is 1.05 bits per heavy atom. The summed E-state index contributed by atoms with van der Waals surface area (Å²) in [5.41, 5.74) is -2.07. The second-order valence-corrected chi connectivity index (χ2v) is 7.09. The van der Waals surface area contributed by atoms with E-state index in [1.54, 1.807) is 0 Å². The molecular formula is C16H30O4. The van der Waals surface area contributed by atoms with E-state index in [1.807, 2.05) is 48.5 Å². The molecule has 0 heterocycles. The zero-order valence-corrected chi connectivity index (χ0v) is 13.9. The topological polar surface area (TPSA) is 63.6 Å². The van der Waals surface area contributed by atoms with Gasteiger partial charge in [0.25, 0.3) is 0 Å². The van der Waals surface area contributed by atoms with Gasteiger partial charge in [0.15, 0.2) is 5.41 Å². The van der Waals surface area contributed by atoms with Crippen molar-refractivity contribution < 1.29 is 19.4 Å². The second-order valence-electron chi connectivity index (χ2n) is 7.09. The highest BCUT2D eigenvalue weighted by molar-refractivity contribution is 5.99. The first-order valence-corrected chi connectivity index (χ1v) is 7.43. The van der Waals surface area contributed by atoms with E-state index < -0.39 is 23.0 Å². The molecule has 0 aromatic heterocycles. The number of carbonyl (C=O) groups is 2. The summed E-state index contributed by atoms with van der Waals surface area (Å²) in [7, 11) is 0. The minimum atomic E-state index is -1.44. The third kappa shape index (κ3) is 5.14. The Labute approximate surface area is 122 Å². The Morgan fingerprint density at radius 3 is 1.70 bits per heavy atom. The van der Waals surface area contributed by atoms with Gasteiger partial charge in [-0.15, -0.1) is 0 Å². The predicted octanol–water partition coefficient (Wildman–Crippen LogP) is 3.88. The quantitative estimate of drug-likeness (QED) is 0.543. The number of aliphatic carboxylic acids is 1. The van der Waals surface area contributed by atoms with Crippen molar-refractivity contribution in [2.24, 2.45) is 17.3 Å². The molecule has 0 aromatic rings. The summed E-state index contributed by atoms with van der Waals surface area (Å²) in [5.74, 6) is -1.44. The van der Waals surface area contributed by atoms with E-state index in [0.717, 1.165) is 0 Å². The van der Waals surface area contributed by atoms with Gasteiger partial charge in [0.1, 0.15) is 5.60 Å². The zero-order valence-electron chi connectivity index (χ0n) is 13.9. The van der Waals surface area contributed by atoms with Crippen LogP contribution < -0.4 is 0 Å². The van der Waals surface area contributed by atoms with Gasteiger partial charge in [-0.1, -0.05) is 34.6 Å². The number of rotatable bonds is 8. The lowest BCUT2D eigenvalue weighted by Gasteiger charge is -2.34. The Bertz CT molecular complexity index is 332. The van der Waals surface area contributed by atoms with E-state index >= 15 is 0 Å². The summed E-state index contributed by atoms with van der Waals surface area (Å²) in [5, 5.41) is 9.66. The molecule has 0 aliphatic heterocycles. The molecule has 0 spiro atoms. The van der Waals surface area contributed by atoms with E-state index in [1.165, 1.54) is 0 Å². The largest absolute Gasteiger partial charge is 0.480 e. The average molecular weight is 286 g/mol. The van der Waals surface area contributed by atoms with Crippen LogP contribution in [0.2, 0.25) is 0 Å². The SMILES string of the molecule is CCC(C)(C)OC(=O)C(CC(C)C)(CC(C)C)C(=O)O. The molecular weight excluding hydrogens is 256 g/mol. The van der Waals surface area contributed by atoms with Gasteiger partial charge < -0.3 is 9.84 Å². The van der Waals surface area contributed by atoms with Gasteiger partial charge in [0, 0.05) is 0 Å². The van der Waals surface area contributed by atoms with Crippen LogP contribution in [0.15, 0.2) is 0 Å². The van der Waals surface area contributed by atoms with E-state index in [9.17, 15) is 14.7 Å². The van der Waals surface area contributed by atoms with E-state index in [-0.39, 0.29) is 11.8 Å². The first kappa shape index (κ1) is 18.9. The number of carboxylic acids is 1. The average Bonchev–Trinajstić information content (AvgIpc) is 2.25. The van der Waals surface area contributed by atoms with Crippen molar-refractivity contribution in [1.29, 1.82) is 0 Å². The lowest BCUT2D eigenvalue weighted by Crippen LogP contribution is -2.46. The highest BCUT2D eigenvalue weighted by atomic mass is 16.6. The van der Waals surface area contributed by atoms with Crippen molar-refractivity contribution in [3.05, 3.63) is 0 Å². The minimum absolute atomic E-state index is 0.113. The van der Waals surface area contributed by atoms with E-state index in [2.05, 4.69) is 0 Å². The summed E-state index contributed by atoms with van der Waals surface area (Å²) in [4.78, 5) is 24.4.